The Balaban J connectivity index is 2.59. The third kappa shape index (κ3) is 2.26. The van der Waals surface area contributed by atoms with Gasteiger partial charge in [-0.1, -0.05) is 29.3 Å². The average Bonchev–Trinajstić information content (AvgIpc) is 2.50. The molecule has 15 heavy (non-hydrogen) atoms. The number of hydrogen-bond donors (Lipinski definition) is 1. The monoisotopic (exact) mass is 275 g/mol. The van der Waals surface area contributed by atoms with Crippen molar-refractivity contribution in [2.75, 3.05) is 0 Å². The van der Waals surface area contributed by atoms with Gasteiger partial charge in [0.1, 0.15) is 0 Å². The molecule has 0 aliphatic heterocycles. The quantitative estimate of drug-likeness (QED) is 0.717. The van der Waals surface area contributed by atoms with E-state index in [4.69, 9.17) is 35.4 Å². The molecule has 0 saturated carbocycles. The number of nitrogens with one attached hydrogen (secondary N) is 1. The van der Waals surface area contributed by atoms with Crippen LogP contribution in [0.2, 0.25) is 10.0 Å². The lowest BCUT2D eigenvalue weighted by Gasteiger charge is -2.01. The van der Waals surface area contributed by atoms with Crippen molar-refractivity contribution in [1.82, 2.24) is 4.98 Å². The largest absolute Gasteiger partial charge is 0.337 e. The number of halogens is 2. The van der Waals surface area contributed by atoms with Crippen LogP contribution in [-0.2, 0) is 0 Å². The van der Waals surface area contributed by atoms with E-state index >= 15 is 0 Å². The summed E-state index contributed by atoms with van der Waals surface area (Å²) in [6.07, 6.45) is 0. The summed E-state index contributed by atoms with van der Waals surface area (Å²) < 4.78 is 0.772. The summed E-state index contributed by atoms with van der Waals surface area (Å²) in [5.74, 6) is 0. The zero-order valence-electron chi connectivity index (χ0n) is 7.80. The number of aromatic amines is 1. The highest BCUT2D eigenvalue weighted by Crippen LogP contribution is 2.30. The van der Waals surface area contributed by atoms with Gasteiger partial charge in [0, 0.05) is 10.4 Å². The Labute approximate surface area is 107 Å². The molecule has 0 radical (unpaired) electrons. The van der Waals surface area contributed by atoms with Gasteiger partial charge in [-0.15, -0.1) is 11.3 Å². The van der Waals surface area contributed by atoms with Crippen LogP contribution in [0.5, 0.6) is 0 Å². The fraction of sp³-hybridized carbons (Fsp3) is 0.100. The van der Waals surface area contributed by atoms with Crippen molar-refractivity contribution in [3.63, 3.8) is 0 Å². The minimum Gasteiger partial charge on any atom is -0.337 e. The highest BCUT2D eigenvalue weighted by Gasteiger charge is 2.06. The molecule has 1 aromatic heterocycles. The zero-order valence-corrected chi connectivity index (χ0v) is 10.9. The summed E-state index contributed by atoms with van der Waals surface area (Å²) in [6, 6.07) is 5.55. The maximum absolute atomic E-state index is 5.95. The minimum absolute atomic E-state index is 0.555. The molecule has 0 amide bonds. The molecule has 0 fully saturated rings. The number of aryl methyl sites for hydroxylation is 1. The standard InChI is InChI=1S/C10H7Cl2NS2/c1-5-9(13-10(14)15-5)6-2-3-7(11)8(12)4-6/h2-4H,1H3,(H,13,14). The third-order valence-electron chi connectivity index (χ3n) is 2.03. The van der Waals surface area contributed by atoms with Gasteiger partial charge in [-0.25, -0.2) is 0 Å². The Bertz CT molecular complexity index is 557. The molecule has 0 spiro atoms. The first-order valence-corrected chi connectivity index (χ1v) is 6.21. The molecule has 78 valence electrons. The van der Waals surface area contributed by atoms with Crippen LogP contribution in [0.3, 0.4) is 0 Å². The highest BCUT2D eigenvalue weighted by atomic mass is 35.5. The van der Waals surface area contributed by atoms with Crippen LogP contribution in [0.4, 0.5) is 0 Å². The van der Waals surface area contributed by atoms with E-state index in [0.29, 0.717) is 10.0 Å². The molecule has 1 nitrogen and oxygen atoms in total. The molecule has 1 aromatic carbocycles. The number of H-pyrrole nitrogens is 1. The molecule has 0 unspecified atom stereocenters. The fourth-order valence-corrected chi connectivity index (χ4v) is 2.81. The van der Waals surface area contributed by atoms with E-state index in [-0.39, 0.29) is 0 Å². The van der Waals surface area contributed by atoms with E-state index in [1.54, 1.807) is 17.4 Å². The van der Waals surface area contributed by atoms with Crippen LogP contribution in [0.15, 0.2) is 18.2 Å². The predicted molar refractivity (Wildman–Crippen MR) is 69.7 cm³/mol. The summed E-state index contributed by atoms with van der Waals surface area (Å²) in [5, 5.41) is 1.12. The molecule has 0 saturated heterocycles. The SMILES string of the molecule is Cc1sc(=S)[nH]c1-c1ccc(Cl)c(Cl)c1. The molecule has 0 aliphatic rings. The Morgan fingerprint density at radius 1 is 1.27 bits per heavy atom. The molecule has 5 heteroatoms. The van der Waals surface area contributed by atoms with Gasteiger partial charge in [-0.2, -0.15) is 0 Å². The van der Waals surface area contributed by atoms with E-state index in [1.807, 2.05) is 19.1 Å². The fourth-order valence-electron chi connectivity index (χ4n) is 1.33. The van der Waals surface area contributed by atoms with Crippen LogP contribution < -0.4 is 0 Å². The molecule has 0 aliphatic carbocycles. The van der Waals surface area contributed by atoms with Crippen LogP contribution in [0, 0.1) is 10.9 Å². The van der Waals surface area contributed by atoms with Gasteiger partial charge in [-0.3, -0.25) is 0 Å². The molecule has 1 heterocycles. The first kappa shape index (κ1) is 11.1. The lowest BCUT2D eigenvalue weighted by molar-refractivity contribution is 1.36. The van der Waals surface area contributed by atoms with E-state index < -0.39 is 0 Å². The van der Waals surface area contributed by atoms with Crippen molar-refractivity contribution in [2.45, 2.75) is 6.92 Å². The van der Waals surface area contributed by atoms with Gasteiger partial charge in [-0.05, 0) is 31.3 Å². The molecule has 2 rings (SSSR count). The average molecular weight is 276 g/mol. The Morgan fingerprint density at radius 2 is 2.00 bits per heavy atom. The summed E-state index contributed by atoms with van der Waals surface area (Å²) in [6.45, 7) is 2.02. The second kappa shape index (κ2) is 4.26. The molecule has 0 atom stereocenters. The van der Waals surface area contributed by atoms with Crippen molar-refractivity contribution < 1.29 is 0 Å². The van der Waals surface area contributed by atoms with E-state index in [1.165, 1.54) is 0 Å². The maximum atomic E-state index is 5.95. The predicted octanol–water partition coefficient (Wildman–Crippen LogP) is 5.09. The van der Waals surface area contributed by atoms with Crippen molar-refractivity contribution in [3.8, 4) is 11.3 Å². The molecule has 0 bridgehead atoms. The van der Waals surface area contributed by atoms with Crippen LogP contribution in [-0.4, -0.2) is 4.98 Å². The van der Waals surface area contributed by atoms with Crippen molar-refractivity contribution in [3.05, 3.63) is 37.1 Å². The number of aromatic nitrogens is 1. The van der Waals surface area contributed by atoms with Crippen LogP contribution in [0.25, 0.3) is 11.3 Å². The van der Waals surface area contributed by atoms with Gasteiger partial charge in [0.25, 0.3) is 0 Å². The Morgan fingerprint density at radius 3 is 2.53 bits per heavy atom. The Kier molecular flexibility index (Phi) is 3.16. The smallest absolute Gasteiger partial charge is 0.159 e. The zero-order chi connectivity index (χ0) is 11.0. The van der Waals surface area contributed by atoms with Crippen molar-refractivity contribution in [2.24, 2.45) is 0 Å². The van der Waals surface area contributed by atoms with Crippen molar-refractivity contribution in [1.29, 1.82) is 0 Å². The first-order valence-electron chi connectivity index (χ1n) is 4.23. The summed E-state index contributed by atoms with van der Waals surface area (Å²) in [5.41, 5.74) is 2.03. The molecular formula is C10H7Cl2NS2. The Hall–Kier alpha value is -0.350. The summed E-state index contributed by atoms with van der Waals surface area (Å²) in [4.78, 5) is 4.29. The van der Waals surface area contributed by atoms with Crippen molar-refractivity contribution >= 4 is 46.8 Å². The van der Waals surface area contributed by atoms with Gasteiger partial charge >= 0.3 is 0 Å². The number of hydrogen-bond acceptors (Lipinski definition) is 2. The normalized spacial score (nSPS) is 10.6. The highest BCUT2D eigenvalue weighted by molar-refractivity contribution is 7.73. The summed E-state index contributed by atoms with van der Waals surface area (Å²) >= 11 is 18.4. The van der Waals surface area contributed by atoms with Gasteiger partial charge in [0.05, 0.1) is 15.7 Å². The minimum atomic E-state index is 0.555. The van der Waals surface area contributed by atoms with Gasteiger partial charge in [0.15, 0.2) is 3.95 Å². The maximum Gasteiger partial charge on any atom is 0.159 e. The van der Waals surface area contributed by atoms with Gasteiger partial charge in [0.2, 0.25) is 0 Å². The topological polar surface area (TPSA) is 15.8 Å². The van der Waals surface area contributed by atoms with Gasteiger partial charge < -0.3 is 4.98 Å². The van der Waals surface area contributed by atoms with E-state index in [0.717, 1.165) is 20.1 Å². The van der Waals surface area contributed by atoms with E-state index in [2.05, 4.69) is 4.98 Å². The number of benzene rings is 1. The molecule has 2 aromatic rings. The van der Waals surface area contributed by atoms with Crippen LogP contribution >= 0.6 is 46.8 Å². The van der Waals surface area contributed by atoms with Crippen LogP contribution in [0.1, 0.15) is 4.88 Å². The second-order valence-electron chi connectivity index (χ2n) is 3.07. The third-order valence-corrected chi connectivity index (χ3v) is 3.92. The lowest BCUT2D eigenvalue weighted by Crippen LogP contribution is -1.80. The molecular weight excluding hydrogens is 269 g/mol. The van der Waals surface area contributed by atoms with E-state index in [9.17, 15) is 0 Å². The molecule has 1 N–H and O–H groups in total. The summed E-state index contributed by atoms with van der Waals surface area (Å²) in [7, 11) is 0. The second-order valence-corrected chi connectivity index (χ2v) is 5.78. The number of rotatable bonds is 1. The number of thiazole rings is 1. The lowest BCUT2D eigenvalue weighted by atomic mass is 10.1. The first-order chi connectivity index (χ1) is 7.08.